The second-order valence-corrected chi connectivity index (χ2v) is 4.35. The van der Waals surface area contributed by atoms with Gasteiger partial charge < -0.3 is 4.90 Å². The minimum absolute atomic E-state index is 0.433. The lowest BCUT2D eigenvalue weighted by Crippen LogP contribution is -2.18. The fourth-order valence-corrected chi connectivity index (χ4v) is 2.31. The smallest absolute Gasteiger partial charge is 0.153 e. The Bertz CT molecular complexity index is 383. The molecule has 1 aliphatic rings. The monoisotopic (exact) mass is 207 g/mol. The van der Waals surface area contributed by atoms with Gasteiger partial charge in [0.1, 0.15) is 0 Å². The third kappa shape index (κ3) is 1.69. The van der Waals surface area contributed by atoms with Crippen LogP contribution in [-0.4, -0.2) is 41.1 Å². The van der Waals surface area contributed by atoms with Crippen molar-refractivity contribution in [1.82, 2.24) is 14.7 Å². The van der Waals surface area contributed by atoms with Crippen molar-refractivity contribution in [3.8, 4) is 0 Å². The molecule has 1 fully saturated rings. The first kappa shape index (κ1) is 10.4. The summed E-state index contributed by atoms with van der Waals surface area (Å²) in [4.78, 5) is 13.2. The first-order valence-electron chi connectivity index (χ1n) is 5.33. The molecule has 1 aromatic rings. The van der Waals surface area contributed by atoms with Crippen LogP contribution in [0.3, 0.4) is 0 Å². The molecule has 0 amide bonds. The molecule has 82 valence electrons. The van der Waals surface area contributed by atoms with E-state index in [0.717, 1.165) is 42.7 Å². The average molecular weight is 207 g/mol. The van der Waals surface area contributed by atoms with E-state index >= 15 is 0 Å². The number of carbonyl (C=O) groups is 1. The summed E-state index contributed by atoms with van der Waals surface area (Å²) in [6.45, 7) is 6.01. The van der Waals surface area contributed by atoms with Crippen LogP contribution in [0.5, 0.6) is 0 Å². The summed E-state index contributed by atoms with van der Waals surface area (Å²) < 4.78 is 2.02. The van der Waals surface area contributed by atoms with Gasteiger partial charge in [-0.3, -0.25) is 9.48 Å². The van der Waals surface area contributed by atoms with E-state index in [1.54, 1.807) is 0 Å². The predicted molar refractivity (Wildman–Crippen MR) is 58.2 cm³/mol. The molecular formula is C11H17N3O. The normalized spacial score (nSPS) is 22.2. The third-order valence-electron chi connectivity index (χ3n) is 3.21. The Kier molecular flexibility index (Phi) is 2.61. The van der Waals surface area contributed by atoms with Crippen LogP contribution in [0.15, 0.2) is 0 Å². The zero-order valence-electron chi connectivity index (χ0n) is 9.53. The summed E-state index contributed by atoms with van der Waals surface area (Å²) in [5.41, 5.74) is 2.60. The molecule has 0 bridgehead atoms. The van der Waals surface area contributed by atoms with E-state index in [1.807, 2.05) is 18.5 Å². The summed E-state index contributed by atoms with van der Waals surface area (Å²) >= 11 is 0. The van der Waals surface area contributed by atoms with E-state index in [4.69, 9.17) is 0 Å². The van der Waals surface area contributed by atoms with Gasteiger partial charge in [0.05, 0.1) is 17.3 Å². The van der Waals surface area contributed by atoms with Crippen LogP contribution in [0.4, 0.5) is 0 Å². The Morgan fingerprint density at radius 2 is 2.20 bits per heavy atom. The van der Waals surface area contributed by atoms with Crippen molar-refractivity contribution in [2.24, 2.45) is 0 Å². The molecule has 1 unspecified atom stereocenters. The fraction of sp³-hybridized carbons (Fsp3) is 0.636. The van der Waals surface area contributed by atoms with E-state index < -0.39 is 0 Å². The molecule has 0 saturated carbocycles. The molecule has 1 aliphatic heterocycles. The summed E-state index contributed by atoms with van der Waals surface area (Å²) in [6, 6.07) is 0.433. The number of aryl methyl sites for hydroxylation is 1. The van der Waals surface area contributed by atoms with Gasteiger partial charge in [0.15, 0.2) is 6.29 Å². The highest BCUT2D eigenvalue weighted by atomic mass is 16.1. The quantitative estimate of drug-likeness (QED) is 0.684. The number of likely N-dealkylation sites (tertiary alicyclic amines) is 1. The molecule has 2 heterocycles. The number of aldehydes is 1. The van der Waals surface area contributed by atoms with E-state index in [0.29, 0.717) is 6.04 Å². The van der Waals surface area contributed by atoms with Crippen molar-refractivity contribution >= 4 is 6.29 Å². The minimum Gasteiger partial charge on any atom is -0.304 e. The molecule has 4 heteroatoms. The molecule has 2 rings (SSSR count). The summed E-state index contributed by atoms with van der Waals surface area (Å²) in [5, 5.41) is 4.46. The lowest BCUT2D eigenvalue weighted by molar-refractivity contribution is 0.112. The SMILES string of the molecule is Cc1nn(C2CCN(C)C2)c(C)c1C=O. The largest absolute Gasteiger partial charge is 0.304 e. The Hall–Kier alpha value is -1.16. The van der Waals surface area contributed by atoms with E-state index in [-0.39, 0.29) is 0 Å². The fourth-order valence-electron chi connectivity index (χ4n) is 2.31. The van der Waals surface area contributed by atoms with Crippen LogP contribution in [0.25, 0.3) is 0 Å². The standard InChI is InChI=1S/C11H17N3O/c1-8-11(7-15)9(2)14(12-8)10-4-5-13(3)6-10/h7,10H,4-6H2,1-3H3. The van der Waals surface area contributed by atoms with E-state index in [2.05, 4.69) is 17.0 Å². The third-order valence-corrected chi connectivity index (χ3v) is 3.21. The van der Waals surface area contributed by atoms with Crippen LogP contribution >= 0.6 is 0 Å². The van der Waals surface area contributed by atoms with Crippen molar-refractivity contribution in [2.45, 2.75) is 26.3 Å². The Morgan fingerprint density at radius 3 is 2.67 bits per heavy atom. The zero-order chi connectivity index (χ0) is 11.0. The maximum atomic E-state index is 10.9. The summed E-state index contributed by atoms with van der Waals surface area (Å²) in [5.74, 6) is 0. The first-order valence-corrected chi connectivity index (χ1v) is 5.33. The zero-order valence-corrected chi connectivity index (χ0v) is 9.53. The van der Waals surface area contributed by atoms with Crippen LogP contribution in [0.1, 0.15) is 34.2 Å². The molecule has 1 atom stereocenters. The summed E-state index contributed by atoms with van der Waals surface area (Å²) in [6.07, 6.45) is 2.03. The van der Waals surface area contributed by atoms with Crippen LogP contribution < -0.4 is 0 Å². The van der Waals surface area contributed by atoms with Gasteiger partial charge in [-0.25, -0.2) is 0 Å². The highest BCUT2D eigenvalue weighted by molar-refractivity contribution is 5.78. The Labute approximate surface area is 89.9 Å². The number of hydrogen-bond acceptors (Lipinski definition) is 3. The molecule has 0 aliphatic carbocycles. The number of likely N-dealkylation sites (N-methyl/N-ethyl adjacent to an activating group) is 1. The van der Waals surface area contributed by atoms with Crippen LogP contribution in [0, 0.1) is 13.8 Å². The van der Waals surface area contributed by atoms with Crippen molar-refractivity contribution < 1.29 is 4.79 Å². The van der Waals surface area contributed by atoms with Crippen LogP contribution in [-0.2, 0) is 0 Å². The molecule has 0 radical (unpaired) electrons. The van der Waals surface area contributed by atoms with Gasteiger partial charge in [-0.15, -0.1) is 0 Å². The number of nitrogens with zero attached hydrogens (tertiary/aromatic N) is 3. The maximum Gasteiger partial charge on any atom is 0.153 e. The second-order valence-electron chi connectivity index (χ2n) is 4.35. The topological polar surface area (TPSA) is 38.1 Å². The maximum absolute atomic E-state index is 10.9. The van der Waals surface area contributed by atoms with Crippen molar-refractivity contribution in [3.63, 3.8) is 0 Å². The molecule has 15 heavy (non-hydrogen) atoms. The molecular weight excluding hydrogens is 190 g/mol. The minimum atomic E-state index is 0.433. The number of hydrogen-bond donors (Lipinski definition) is 0. The Morgan fingerprint density at radius 1 is 1.47 bits per heavy atom. The highest BCUT2D eigenvalue weighted by Crippen LogP contribution is 2.23. The Balaban J connectivity index is 2.33. The number of carbonyl (C=O) groups excluding carboxylic acids is 1. The molecule has 4 nitrogen and oxygen atoms in total. The molecule has 0 spiro atoms. The van der Waals surface area contributed by atoms with Gasteiger partial charge >= 0.3 is 0 Å². The molecule has 0 N–H and O–H groups in total. The van der Waals surface area contributed by atoms with Crippen molar-refractivity contribution in [3.05, 3.63) is 17.0 Å². The van der Waals surface area contributed by atoms with Gasteiger partial charge in [0, 0.05) is 12.2 Å². The highest BCUT2D eigenvalue weighted by Gasteiger charge is 2.24. The first-order chi connectivity index (χ1) is 7.13. The van der Waals surface area contributed by atoms with Crippen LogP contribution in [0.2, 0.25) is 0 Å². The molecule has 1 saturated heterocycles. The van der Waals surface area contributed by atoms with Crippen molar-refractivity contribution in [2.75, 3.05) is 20.1 Å². The lowest BCUT2D eigenvalue weighted by atomic mass is 10.2. The lowest BCUT2D eigenvalue weighted by Gasteiger charge is -2.13. The van der Waals surface area contributed by atoms with Crippen molar-refractivity contribution in [1.29, 1.82) is 0 Å². The predicted octanol–water partition coefficient (Wildman–Crippen LogP) is 1.19. The van der Waals surface area contributed by atoms with E-state index in [1.165, 1.54) is 0 Å². The summed E-state index contributed by atoms with van der Waals surface area (Å²) in [7, 11) is 2.12. The molecule has 0 aromatic carbocycles. The number of rotatable bonds is 2. The average Bonchev–Trinajstić information content (AvgIpc) is 2.71. The molecule has 1 aromatic heterocycles. The van der Waals surface area contributed by atoms with E-state index in [9.17, 15) is 4.79 Å². The van der Waals surface area contributed by atoms with Gasteiger partial charge in [-0.2, -0.15) is 5.10 Å². The second kappa shape index (κ2) is 3.77. The van der Waals surface area contributed by atoms with Gasteiger partial charge in [-0.1, -0.05) is 0 Å². The van der Waals surface area contributed by atoms with Gasteiger partial charge in [0.25, 0.3) is 0 Å². The number of aromatic nitrogens is 2. The van der Waals surface area contributed by atoms with Gasteiger partial charge in [-0.05, 0) is 33.9 Å². The van der Waals surface area contributed by atoms with Gasteiger partial charge in [0.2, 0.25) is 0 Å².